The minimum Gasteiger partial charge on any atom is -0.465 e. The Hall–Kier alpha value is -1.04. The molecule has 0 fully saturated rings. The van der Waals surface area contributed by atoms with E-state index in [1.165, 1.54) is 11.7 Å². The molecule has 0 aliphatic heterocycles. The number of nitrogens with one attached hydrogen (secondary N) is 1. The quantitative estimate of drug-likeness (QED) is 0.529. The first-order valence-corrected chi connectivity index (χ1v) is 7.35. The van der Waals surface area contributed by atoms with E-state index in [4.69, 9.17) is 9.47 Å². The van der Waals surface area contributed by atoms with Gasteiger partial charge < -0.3 is 9.47 Å². The molecule has 0 aromatic carbocycles. The monoisotopic (exact) mass is 293 g/mol. The Morgan fingerprint density at radius 2 is 1.63 bits per heavy atom. The molecule has 0 spiro atoms. The van der Waals surface area contributed by atoms with Crippen molar-refractivity contribution in [2.24, 2.45) is 0 Å². The lowest BCUT2D eigenvalue weighted by Crippen LogP contribution is -2.38. The van der Waals surface area contributed by atoms with E-state index in [0.29, 0.717) is 0 Å². The summed E-state index contributed by atoms with van der Waals surface area (Å²) in [5.41, 5.74) is 0. The highest BCUT2D eigenvalue weighted by Gasteiger charge is 2.36. The molecule has 0 saturated heterocycles. The SMILES string of the molecule is CCOC(=O)C(C)N[P+](=O)N(C)C(C)C(=O)OCC. The summed E-state index contributed by atoms with van der Waals surface area (Å²) < 4.78 is 22.9. The van der Waals surface area contributed by atoms with E-state index in [-0.39, 0.29) is 13.2 Å². The van der Waals surface area contributed by atoms with E-state index < -0.39 is 32.1 Å². The van der Waals surface area contributed by atoms with Crippen LogP contribution in [-0.4, -0.2) is 49.0 Å². The number of carbonyl (C=O) groups excluding carboxylic acids is 2. The number of rotatable bonds is 8. The summed E-state index contributed by atoms with van der Waals surface area (Å²) in [6, 6.07) is -1.37. The Kier molecular flexibility index (Phi) is 8.47. The maximum Gasteiger partial charge on any atom is 0.536 e. The second-order valence-electron chi connectivity index (χ2n) is 3.88. The normalized spacial score (nSPS) is 14.7. The van der Waals surface area contributed by atoms with Gasteiger partial charge in [-0.3, -0.25) is 9.59 Å². The summed E-state index contributed by atoms with van der Waals surface area (Å²) in [6.45, 7) is 7.05. The molecule has 0 aliphatic carbocycles. The lowest BCUT2D eigenvalue weighted by molar-refractivity contribution is -0.146. The van der Waals surface area contributed by atoms with Crippen LogP contribution in [0.2, 0.25) is 0 Å². The number of hydrogen-bond acceptors (Lipinski definition) is 5. The summed E-state index contributed by atoms with van der Waals surface area (Å²) in [6.07, 6.45) is 0. The number of likely N-dealkylation sites (N-methyl/N-ethyl adjacent to an activating group) is 1. The molecule has 0 aliphatic rings. The van der Waals surface area contributed by atoms with Crippen LogP contribution in [-0.2, 0) is 23.6 Å². The Labute approximate surface area is 114 Å². The molecule has 0 bridgehead atoms. The fraction of sp³-hybridized carbons (Fsp3) is 0.818. The molecular weight excluding hydrogens is 271 g/mol. The van der Waals surface area contributed by atoms with Gasteiger partial charge in [0.2, 0.25) is 0 Å². The van der Waals surface area contributed by atoms with Crippen molar-refractivity contribution in [2.75, 3.05) is 20.3 Å². The van der Waals surface area contributed by atoms with Crippen LogP contribution in [0.15, 0.2) is 0 Å². The second kappa shape index (κ2) is 8.96. The van der Waals surface area contributed by atoms with Gasteiger partial charge in [-0.1, -0.05) is 9.76 Å². The van der Waals surface area contributed by atoms with Gasteiger partial charge in [-0.25, -0.2) is 0 Å². The van der Waals surface area contributed by atoms with Crippen molar-refractivity contribution in [3.63, 3.8) is 0 Å². The number of hydrogen-bond donors (Lipinski definition) is 1. The zero-order valence-electron chi connectivity index (χ0n) is 12.0. The fourth-order valence-electron chi connectivity index (χ4n) is 1.15. The molecule has 0 amide bonds. The van der Waals surface area contributed by atoms with Crippen LogP contribution in [0.5, 0.6) is 0 Å². The lowest BCUT2D eigenvalue weighted by Gasteiger charge is -2.14. The molecule has 1 N–H and O–H groups in total. The summed E-state index contributed by atoms with van der Waals surface area (Å²) >= 11 is 0. The maximum absolute atomic E-state index is 12.0. The predicted molar refractivity (Wildman–Crippen MR) is 70.7 cm³/mol. The molecule has 3 unspecified atom stereocenters. The van der Waals surface area contributed by atoms with Crippen molar-refractivity contribution in [1.82, 2.24) is 9.76 Å². The van der Waals surface area contributed by atoms with Crippen LogP contribution < -0.4 is 5.09 Å². The molecule has 0 heterocycles. The van der Waals surface area contributed by atoms with Gasteiger partial charge in [0, 0.05) is 7.05 Å². The van der Waals surface area contributed by atoms with E-state index in [0.717, 1.165) is 0 Å². The van der Waals surface area contributed by atoms with E-state index in [2.05, 4.69) is 5.09 Å². The van der Waals surface area contributed by atoms with Gasteiger partial charge >= 0.3 is 20.0 Å². The average molecular weight is 293 g/mol. The summed E-state index contributed by atoms with van der Waals surface area (Å²) in [5, 5.41) is 2.59. The highest BCUT2D eigenvalue weighted by Crippen LogP contribution is 2.24. The predicted octanol–water partition coefficient (Wildman–Crippen LogP) is 1.07. The molecule has 0 saturated carbocycles. The third-order valence-electron chi connectivity index (χ3n) is 2.42. The third-order valence-corrected chi connectivity index (χ3v) is 3.95. The van der Waals surface area contributed by atoms with Gasteiger partial charge in [-0.2, -0.15) is 0 Å². The molecular formula is C11H22N2O5P+. The topological polar surface area (TPSA) is 84.9 Å². The Morgan fingerprint density at radius 1 is 1.16 bits per heavy atom. The molecule has 19 heavy (non-hydrogen) atoms. The van der Waals surface area contributed by atoms with Crippen LogP contribution in [0, 0.1) is 0 Å². The van der Waals surface area contributed by atoms with Gasteiger partial charge in [0.25, 0.3) is 0 Å². The number of esters is 2. The van der Waals surface area contributed by atoms with Crippen molar-refractivity contribution < 1.29 is 23.6 Å². The first-order chi connectivity index (χ1) is 8.84. The third kappa shape index (κ3) is 6.09. The van der Waals surface area contributed by atoms with Crippen molar-refractivity contribution >= 4 is 20.0 Å². The minimum absolute atomic E-state index is 0.261. The van der Waals surface area contributed by atoms with Crippen molar-refractivity contribution in [3.05, 3.63) is 0 Å². The molecule has 7 nitrogen and oxygen atoms in total. The Bertz CT molecular complexity index is 337. The highest BCUT2D eigenvalue weighted by molar-refractivity contribution is 7.39. The lowest BCUT2D eigenvalue weighted by atomic mass is 10.3. The average Bonchev–Trinajstić information content (AvgIpc) is 2.37. The zero-order valence-corrected chi connectivity index (χ0v) is 12.9. The van der Waals surface area contributed by atoms with Crippen LogP contribution in [0.3, 0.4) is 0 Å². The Morgan fingerprint density at radius 3 is 2.11 bits per heavy atom. The van der Waals surface area contributed by atoms with Crippen LogP contribution in [0.25, 0.3) is 0 Å². The highest BCUT2D eigenvalue weighted by atomic mass is 31.1. The standard InChI is InChI=1S/C11H22N2O5P/c1-6-17-10(14)8(3)12-19(16)13(5)9(4)11(15)18-7-2/h8-9H,6-7H2,1-5H3,(H,12,16)/q+1. The molecule has 110 valence electrons. The molecule has 3 atom stereocenters. The van der Waals surface area contributed by atoms with Gasteiger partial charge in [0.1, 0.15) is 6.04 Å². The van der Waals surface area contributed by atoms with Gasteiger partial charge in [0.15, 0.2) is 6.04 Å². The molecule has 8 heteroatoms. The summed E-state index contributed by atoms with van der Waals surface area (Å²) in [7, 11) is -0.556. The summed E-state index contributed by atoms with van der Waals surface area (Å²) in [4.78, 5) is 22.9. The van der Waals surface area contributed by atoms with Crippen molar-refractivity contribution in [1.29, 1.82) is 0 Å². The number of ether oxygens (including phenoxy) is 2. The van der Waals surface area contributed by atoms with Gasteiger partial charge in [-0.15, -0.1) is 0 Å². The van der Waals surface area contributed by atoms with Gasteiger partial charge in [-0.05, 0) is 32.3 Å². The van der Waals surface area contributed by atoms with Crippen LogP contribution in [0.1, 0.15) is 27.7 Å². The van der Waals surface area contributed by atoms with E-state index >= 15 is 0 Å². The molecule has 0 aromatic rings. The van der Waals surface area contributed by atoms with E-state index in [1.807, 2.05) is 0 Å². The van der Waals surface area contributed by atoms with Gasteiger partial charge in [0.05, 0.1) is 13.2 Å². The zero-order chi connectivity index (χ0) is 15.0. The molecule has 0 radical (unpaired) electrons. The summed E-state index contributed by atoms with van der Waals surface area (Å²) in [5.74, 6) is -0.943. The number of carbonyl (C=O) groups is 2. The maximum atomic E-state index is 12.0. The minimum atomic E-state index is -2.08. The number of nitrogens with zero attached hydrogens (tertiary/aromatic N) is 1. The van der Waals surface area contributed by atoms with E-state index in [9.17, 15) is 14.2 Å². The van der Waals surface area contributed by atoms with E-state index in [1.54, 1.807) is 27.7 Å². The fourth-order valence-corrected chi connectivity index (χ4v) is 2.18. The van der Waals surface area contributed by atoms with Crippen molar-refractivity contribution in [2.45, 2.75) is 39.8 Å². The largest absolute Gasteiger partial charge is 0.536 e. The molecule has 0 aromatic heterocycles. The first-order valence-electron chi connectivity index (χ1n) is 6.14. The van der Waals surface area contributed by atoms with Crippen molar-refractivity contribution in [3.8, 4) is 0 Å². The van der Waals surface area contributed by atoms with Crippen LogP contribution in [0.4, 0.5) is 0 Å². The first kappa shape index (κ1) is 18.0. The second-order valence-corrected chi connectivity index (χ2v) is 5.31. The van der Waals surface area contributed by atoms with Crippen LogP contribution >= 0.6 is 8.10 Å². The molecule has 0 rings (SSSR count). The smallest absolute Gasteiger partial charge is 0.465 e. The Balaban J connectivity index is 4.41.